The summed E-state index contributed by atoms with van der Waals surface area (Å²) in [5.41, 5.74) is 3.97. The molecule has 0 atom stereocenters. The highest BCUT2D eigenvalue weighted by Crippen LogP contribution is 2.35. The summed E-state index contributed by atoms with van der Waals surface area (Å²) in [5.74, 6) is 0.122. The monoisotopic (exact) mass is 363 g/mol. The van der Waals surface area contributed by atoms with Gasteiger partial charge in [-0.3, -0.25) is 4.79 Å². The van der Waals surface area contributed by atoms with Crippen molar-refractivity contribution >= 4 is 28.9 Å². The van der Waals surface area contributed by atoms with Crippen molar-refractivity contribution in [1.82, 2.24) is 0 Å². The standard InChI is InChI=1S/C22H25N3O2/c1-15-8-4-5-9-18(15)24-21(27)25-20-11-7-6-10-19(20)23-16-12-17(26)14-22(2,3)13-16/h4-12,23H,13-14H2,1-3H3,(H2,24,25,27). The zero-order chi connectivity index (χ0) is 19.4. The van der Waals surface area contributed by atoms with E-state index in [1.54, 1.807) is 6.08 Å². The SMILES string of the molecule is Cc1ccccc1NC(=O)Nc1ccccc1NC1=CC(=O)CC(C)(C)C1. The number of carbonyl (C=O) groups is 2. The highest BCUT2D eigenvalue weighted by Gasteiger charge is 2.27. The molecule has 3 rings (SSSR count). The van der Waals surface area contributed by atoms with E-state index in [-0.39, 0.29) is 17.2 Å². The molecule has 0 radical (unpaired) electrons. The molecule has 1 aliphatic rings. The highest BCUT2D eigenvalue weighted by atomic mass is 16.2. The zero-order valence-electron chi connectivity index (χ0n) is 15.9. The van der Waals surface area contributed by atoms with Crippen LogP contribution in [-0.4, -0.2) is 11.8 Å². The van der Waals surface area contributed by atoms with Gasteiger partial charge in [0.1, 0.15) is 0 Å². The predicted octanol–water partition coefficient (Wildman–Crippen LogP) is 5.32. The fourth-order valence-corrected chi connectivity index (χ4v) is 3.29. The summed E-state index contributed by atoms with van der Waals surface area (Å²) in [4.78, 5) is 24.4. The number of para-hydroxylation sites is 3. The first-order valence-electron chi connectivity index (χ1n) is 9.05. The molecule has 2 amide bonds. The van der Waals surface area contributed by atoms with Gasteiger partial charge in [-0.25, -0.2) is 4.79 Å². The Bertz CT molecular complexity index is 900. The average Bonchev–Trinajstić information content (AvgIpc) is 2.57. The first-order valence-corrected chi connectivity index (χ1v) is 9.05. The molecule has 0 bridgehead atoms. The van der Waals surface area contributed by atoms with Crippen molar-refractivity contribution in [3.63, 3.8) is 0 Å². The minimum atomic E-state index is -0.312. The molecule has 0 fully saturated rings. The highest BCUT2D eigenvalue weighted by molar-refractivity contribution is 6.02. The van der Waals surface area contributed by atoms with Crippen molar-refractivity contribution in [3.8, 4) is 0 Å². The first-order chi connectivity index (χ1) is 12.8. The lowest BCUT2D eigenvalue weighted by Gasteiger charge is -2.29. The second kappa shape index (κ2) is 7.66. The molecule has 0 saturated carbocycles. The van der Waals surface area contributed by atoms with Gasteiger partial charge in [0.2, 0.25) is 0 Å². The zero-order valence-corrected chi connectivity index (χ0v) is 15.9. The Morgan fingerprint density at radius 1 is 0.889 bits per heavy atom. The maximum Gasteiger partial charge on any atom is 0.323 e. The lowest BCUT2D eigenvalue weighted by Crippen LogP contribution is -2.25. The maximum atomic E-state index is 12.4. The average molecular weight is 363 g/mol. The smallest absolute Gasteiger partial charge is 0.323 e. The van der Waals surface area contributed by atoms with E-state index in [4.69, 9.17) is 0 Å². The molecule has 140 valence electrons. The molecular weight excluding hydrogens is 338 g/mol. The van der Waals surface area contributed by atoms with Crippen molar-refractivity contribution in [2.24, 2.45) is 5.41 Å². The Labute approximate surface area is 159 Å². The predicted molar refractivity (Wildman–Crippen MR) is 110 cm³/mol. The molecule has 3 N–H and O–H groups in total. The van der Waals surface area contributed by atoms with E-state index in [1.807, 2.05) is 55.5 Å². The molecule has 2 aromatic carbocycles. The summed E-state index contributed by atoms with van der Waals surface area (Å²) in [6.45, 7) is 6.11. The van der Waals surface area contributed by atoms with Crippen LogP contribution in [0.25, 0.3) is 0 Å². The van der Waals surface area contributed by atoms with Gasteiger partial charge in [-0.1, -0.05) is 44.2 Å². The Morgan fingerprint density at radius 3 is 2.15 bits per heavy atom. The number of urea groups is 1. The number of nitrogens with one attached hydrogen (secondary N) is 3. The van der Waals surface area contributed by atoms with Gasteiger partial charge in [-0.05, 0) is 42.5 Å². The largest absolute Gasteiger partial charge is 0.357 e. The van der Waals surface area contributed by atoms with Gasteiger partial charge in [0, 0.05) is 23.9 Å². The number of allylic oxidation sites excluding steroid dienone is 2. The number of hydrogen-bond acceptors (Lipinski definition) is 3. The molecule has 0 aromatic heterocycles. The number of aryl methyl sites for hydroxylation is 1. The van der Waals surface area contributed by atoms with Crippen molar-refractivity contribution in [1.29, 1.82) is 0 Å². The van der Waals surface area contributed by atoms with Gasteiger partial charge in [0.15, 0.2) is 5.78 Å². The van der Waals surface area contributed by atoms with E-state index in [9.17, 15) is 9.59 Å². The Morgan fingerprint density at radius 2 is 1.48 bits per heavy atom. The molecule has 2 aromatic rings. The van der Waals surface area contributed by atoms with Crippen molar-refractivity contribution in [3.05, 3.63) is 65.9 Å². The lowest BCUT2D eigenvalue weighted by molar-refractivity contribution is -0.117. The number of carbonyl (C=O) groups excluding carboxylic acids is 2. The summed E-state index contributed by atoms with van der Waals surface area (Å²) >= 11 is 0. The second-order valence-corrected chi connectivity index (χ2v) is 7.72. The summed E-state index contributed by atoms with van der Waals surface area (Å²) in [6.07, 6.45) is 2.99. The topological polar surface area (TPSA) is 70.2 Å². The van der Waals surface area contributed by atoms with E-state index in [2.05, 4.69) is 29.8 Å². The molecule has 0 unspecified atom stereocenters. The number of amides is 2. The van der Waals surface area contributed by atoms with E-state index < -0.39 is 0 Å². The van der Waals surface area contributed by atoms with E-state index in [1.165, 1.54) is 0 Å². The maximum absolute atomic E-state index is 12.4. The first kappa shape index (κ1) is 18.7. The molecule has 27 heavy (non-hydrogen) atoms. The minimum absolute atomic E-state index is 0.0707. The van der Waals surface area contributed by atoms with Crippen LogP contribution in [0, 0.1) is 12.3 Å². The molecule has 1 aliphatic carbocycles. The molecule has 5 nitrogen and oxygen atoms in total. The number of ketones is 1. The molecule has 0 heterocycles. The van der Waals surface area contributed by atoms with Gasteiger partial charge < -0.3 is 16.0 Å². The van der Waals surface area contributed by atoms with Crippen molar-refractivity contribution < 1.29 is 9.59 Å². The van der Waals surface area contributed by atoms with Crippen LogP contribution in [-0.2, 0) is 4.79 Å². The van der Waals surface area contributed by atoms with E-state index in [0.717, 1.165) is 29.1 Å². The van der Waals surface area contributed by atoms with Crippen LogP contribution in [0.2, 0.25) is 0 Å². The van der Waals surface area contributed by atoms with E-state index >= 15 is 0 Å². The third-order valence-electron chi connectivity index (χ3n) is 4.52. The Kier molecular flexibility index (Phi) is 5.31. The Hall–Kier alpha value is -3.08. The quantitative estimate of drug-likeness (QED) is 0.688. The van der Waals surface area contributed by atoms with Crippen LogP contribution >= 0.6 is 0 Å². The lowest BCUT2D eigenvalue weighted by atomic mass is 9.79. The van der Waals surface area contributed by atoms with Crippen LogP contribution in [0.1, 0.15) is 32.3 Å². The summed E-state index contributed by atoms with van der Waals surface area (Å²) in [6, 6.07) is 14.8. The molecule has 0 spiro atoms. The van der Waals surface area contributed by atoms with Gasteiger partial charge in [0.05, 0.1) is 11.4 Å². The fraction of sp³-hybridized carbons (Fsp3) is 0.273. The van der Waals surface area contributed by atoms with Crippen molar-refractivity contribution in [2.45, 2.75) is 33.6 Å². The van der Waals surface area contributed by atoms with Crippen molar-refractivity contribution in [2.75, 3.05) is 16.0 Å². The summed E-state index contributed by atoms with van der Waals surface area (Å²) < 4.78 is 0. The normalized spacial score (nSPS) is 15.7. The fourth-order valence-electron chi connectivity index (χ4n) is 3.29. The van der Waals surface area contributed by atoms with Crippen LogP contribution in [0.4, 0.5) is 21.9 Å². The Balaban J connectivity index is 1.73. The van der Waals surface area contributed by atoms with Crippen LogP contribution < -0.4 is 16.0 Å². The molecule has 0 saturated heterocycles. The number of anilines is 3. The minimum Gasteiger partial charge on any atom is -0.357 e. The molecule has 0 aliphatic heterocycles. The number of benzene rings is 2. The van der Waals surface area contributed by atoms with Gasteiger partial charge in [-0.15, -0.1) is 0 Å². The van der Waals surface area contributed by atoms with Gasteiger partial charge in [0.25, 0.3) is 0 Å². The van der Waals surface area contributed by atoms with Crippen LogP contribution in [0.5, 0.6) is 0 Å². The third kappa shape index (κ3) is 4.97. The van der Waals surface area contributed by atoms with Crippen LogP contribution in [0.3, 0.4) is 0 Å². The van der Waals surface area contributed by atoms with Crippen LogP contribution in [0.15, 0.2) is 60.3 Å². The van der Waals surface area contributed by atoms with Gasteiger partial charge in [-0.2, -0.15) is 0 Å². The number of hydrogen-bond donors (Lipinski definition) is 3. The number of rotatable bonds is 4. The molecular formula is C22H25N3O2. The summed E-state index contributed by atoms with van der Waals surface area (Å²) in [7, 11) is 0. The third-order valence-corrected chi connectivity index (χ3v) is 4.52. The van der Waals surface area contributed by atoms with E-state index in [0.29, 0.717) is 12.1 Å². The molecule has 5 heteroatoms. The van der Waals surface area contributed by atoms with Gasteiger partial charge >= 0.3 is 6.03 Å². The second-order valence-electron chi connectivity index (χ2n) is 7.72. The summed E-state index contributed by atoms with van der Waals surface area (Å²) in [5, 5.41) is 9.06.